The van der Waals surface area contributed by atoms with Crippen LogP contribution >= 0.6 is 0 Å². The van der Waals surface area contributed by atoms with E-state index < -0.39 is 0 Å². The Kier molecular flexibility index (Phi) is 6.67. The van der Waals surface area contributed by atoms with Crippen LogP contribution in [0.1, 0.15) is 38.2 Å². The minimum atomic E-state index is -0.109. The standard InChI is InChI=1S/C21H30N2O3/c1-2-26-21(25)18-10-13-22(14-11-18)20(24)16-23-12-6-9-19(23)15-17-7-4-3-5-8-17/h3-5,7-8,18-19H,2,6,9-16H2,1H3/t19-/m1/s1. The molecule has 0 bridgehead atoms. The quantitative estimate of drug-likeness (QED) is 0.733. The van der Waals surface area contributed by atoms with Crippen molar-refractivity contribution < 1.29 is 14.3 Å². The van der Waals surface area contributed by atoms with E-state index in [9.17, 15) is 9.59 Å². The van der Waals surface area contributed by atoms with Crippen LogP contribution in [0.3, 0.4) is 0 Å². The van der Waals surface area contributed by atoms with Crippen molar-refractivity contribution in [1.82, 2.24) is 9.80 Å². The first kappa shape index (κ1) is 18.9. The number of ether oxygens (including phenoxy) is 1. The summed E-state index contributed by atoms with van der Waals surface area (Å²) in [6.45, 7) is 5.09. The van der Waals surface area contributed by atoms with Gasteiger partial charge < -0.3 is 9.64 Å². The average Bonchev–Trinajstić information content (AvgIpc) is 3.09. The predicted molar refractivity (Wildman–Crippen MR) is 101 cm³/mol. The highest BCUT2D eigenvalue weighted by molar-refractivity contribution is 5.79. The second-order valence-corrected chi connectivity index (χ2v) is 7.36. The van der Waals surface area contributed by atoms with Crippen molar-refractivity contribution in [2.45, 2.75) is 45.1 Å². The van der Waals surface area contributed by atoms with Gasteiger partial charge in [0.2, 0.25) is 5.91 Å². The van der Waals surface area contributed by atoms with Crippen LogP contribution in [-0.2, 0) is 20.7 Å². The number of esters is 1. The molecule has 0 radical (unpaired) electrons. The van der Waals surface area contributed by atoms with Crippen LogP contribution in [0.4, 0.5) is 0 Å². The van der Waals surface area contributed by atoms with E-state index in [1.165, 1.54) is 5.56 Å². The van der Waals surface area contributed by atoms with Crippen LogP contribution in [0.15, 0.2) is 30.3 Å². The van der Waals surface area contributed by atoms with E-state index in [1.54, 1.807) is 0 Å². The molecule has 0 spiro atoms. The number of likely N-dealkylation sites (tertiary alicyclic amines) is 2. The molecule has 0 unspecified atom stereocenters. The minimum absolute atomic E-state index is 0.0448. The summed E-state index contributed by atoms with van der Waals surface area (Å²) in [5, 5.41) is 0. The van der Waals surface area contributed by atoms with Crippen LogP contribution in [0.5, 0.6) is 0 Å². The molecule has 2 aliphatic rings. The Hall–Kier alpha value is -1.88. The maximum Gasteiger partial charge on any atom is 0.309 e. The van der Waals surface area contributed by atoms with E-state index in [2.05, 4.69) is 29.2 Å². The third-order valence-corrected chi connectivity index (χ3v) is 5.62. The molecule has 1 aromatic carbocycles. The molecule has 2 saturated heterocycles. The fraction of sp³-hybridized carbons (Fsp3) is 0.619. The number of carbonyl (C=O) groups is 2. The van der Waals surface area contributed by atoms with Gasteiger partial charge in [0.1, 0.15) is 0 Å². The third-order valence-electron chi connectivity index (χ3n) is 5.62. The molecule has 2 aliphatic heterocycles. The average molecular weight is 358 g/mol. The van der Waals surface area contributed by atoms with Gasteiger partial charge >= 0.3 is 5.97 Å². The number of hydrogen-bond donors (Lipinski definition) is 0. The van der Waals surface area contributed by atoms with Crippen molar-refractivity contribution in [3.05, 3.63) is 35.9 Å². The second kappa shape index (κ2) is 9.17. The molecule has 142 valence electrons. The summed E-state index contributed by atoms with van der Waals surface area (Å²) in [5.41, 5.74) is 1.34. The van der Waals surface area contributed by atoms with Crippen LogP contribution in [0.25, 0.3) is 0 Å². The molecule has 5 nitrogen and oxygen atoms in total. The lowest BCUT2D eigenvalue weighted by atomic mass is 9.97. The topological polar surface area (TPSA) is 49.9 Å². The summed E-state index contributed by atoms with van der Waals surface area (Å²) >= 11 is 0. The zero-order chi connectivity index (χ0) is 18.4. The Morgan fingerprint density at radius 2 is 1.81 bits per heavy atom. The summed E-state index contributed by atoms with van der Waals surface area (Å²) in [4.78, 5) is 28.8. The van der Waals surface area contributed by atoms with Crippen LogP contribution in [-0.4, -0.2) is 60.5 Å². The molecule has 0 N–H and O–H groups in total. The molecule has 0 aliphatic carbocycles. The molecular formula is C21H30N2O3. The molecule has 26 heavy (non-hydrogen) atoms. The van der Waals surface area contributed by atoms with Gasteiger partial charge in [-0.25, -0.2) is 0 Å². The summed E-state index contributed by atoms with van der Waals surface area (Å²) in [6.07, 6.45) is 4.78. The summed E-state index contributed by atoms with van der Waals surface area (Å²) < 4.78 is 5.10. The lowest BCUT2D eigenvalue weighted by molar-refractivity contribution is -0.151. The fourth-order valence-corrected chi connectivity index (χ4v) is 4.12. The van der Waals surface area contributed by atoms with E-state index in [0.29, 0.717) is 32.3 Å². The number of piperidine rings is 1. The highest BCUT2D eigenvalue weighted by atomic mass is 16.5. The van der Waals surface area contributed by atoms with E-state index in [-0.39, 0.29) is 17.8 Å². The molecule has 2 fully saturated rings. The van der Waals surface area contributed by atoms with Gasteiger partial charge in [0, 0.05) is 19.1 Å². The lowest BCUT2D eigenvalue weighted by Gasteiger charge is -2.33. The van der Waals surface area contributed by atoms with E-state index in [1.807, 2.05) is 17.9 Å². The zero-order valence-electron chi connectivity index (χ0n) is 15.7. The van der Waals surface area contributed by atoms with Gasteiger partial charge in [-0.05, 0) is 51.1 Å². The van der Waals surface area contributed by atoms with Gasteiger partial charge in [0.05, 0.1) is 19.1 Å². The van der Waals surface area contributed by atoms with Crippen molar-refractivity contribution in [2.24, 2.45) is 5.92 Å². The molecule has 5 heteroatoms. The van der Waals surface area contributed by atoms with Gasteiger partial charge in [-0.1, -0.05) is 30.3 Å². The number of amides is 1. The fourth-order valence-electron chi connectivity index (χ4n) is 4.12. The molecule has 1 atom stereocenters. The van der Waals surface area contributed by atoms with E-state index >= 15 is 0 Å². The third kappa shape index (κ3) is 4.85. The summed E-state index contributed by atoms with van der Waals surface area (Å²) in [5.74, 6) is 0.0472. The minimum Gasteiger partial charge on any atom is -0.466 e. The van der Waals surface area contributed by atoms with Gasteiger partial charge in [-0.3, -0.25) is 14.5 Å². The second-order valence-electron chi connectivity index (χ2n) is 7.36. The molecule has 1 aromatic rings. The van der Waals surface area contributed by atoms with E-state index in [0.717, 1.165) is 38.6 Å². The van der Waals surface area contributed by atoms with Gasteiger partial charge in [-0.15, -0.1) is 0 Å². The maximum absolute atomic E-state index is 12.7. The zero-order valence-corrected chi connectivity index (χ0v) is 15.7. The highest BCUT2D eigenvalue weighted by Crippen LogP contribution is 2.23. The molecule has 2 heterocycles. The Bertz CT molecular complexity index is 597. The molecule has 3 rings (SSSR count). The smallest absolute Gasteiger partial charge is 0.309 e. The van der Waals surface area contributed by atoms with Crippen LogP contribution in [0, 0.1) is 5.92 Å². The van der Waals surface area contributed by atoms with Crippen molar-refractivity contribution in [1.29, 1.82) is 0 Å². The molecule has 1 amide bonds. The number of hydrogen-bond acceptors (Lipinski definition) is 4. The SMILES string of the molecule is CCOC(=O)C1CCN(C(=O)CN2CCC[C@@H]2Cc2ccccc2)CC1. The largest absolute Gasteiger partial charge is 0.466 e. The van der Waals surface area contributed by atoms with Crippen molar-refractivity contribution in [3.8, 4) is 0 Å². The van der Waals surface area contributed by atoms with Crippen molar-refractivity contribution in [3.63, 3.8) is 0 Å². The lowest BCUT2D eigenvalue weighted by Crippen LogP contribution is -2.46. The maximum atomic E-state index is 12.7. The van der Waals surface area contributed by atoms with Crippen molar-refractivity contribution in [2.75, 3.05) is 32.8 Å². The number of rotatable bonds is 6. The van der Waals surface area contributed by atoms with E-state index in [4.69, 9.17) is 4.74 Å². The Morgan fingerprint density at radius 3 is 2.50 bits per heavy atom. The number of benzene rings is 1. The highest BCUT2D eigenvalue weighted by Gasteiger charge is 2.31. The molecule has 0 saturated carbocycles. The Labute approximate surface area is 156 Å². The number of nitrogens with zero attached hydrogens (tertiary/aromatic N) is 2. The first-order valence-electron chi connectivity index (χ1n) is 9.89. The Morgan fingerprint density at radius 1 is 1.08 bits per heavy atom. The summed E-state index contributed by atoms with van der Waals surface area (Å²) in [6, 6.07) is 11.0. The van der Waals surface area contributed by atoms with Crippen LogP contribution in [0.2, 0.25) is 0 Å². The molecular weight excluding hydrogens is 328 g/mol. The predicted octanol–water partition coefficient (Wildman–Crippen LogP) is 2.50. The summed E-state index contributed by atoms with van der Waals surface area (Å²) in [7, 11) is 0. The first-order valence-corrected chi connectivity index (χ1v) is 9.89. The van der Waals surface area contributed by atoms with Gasteiger partial charge in [-0.2, -0.15) is 0 Å². The first-order chi connectivity index (χ1) is 12.7. The normalized spacial score (nSPS) is 21.7. The monoisotopic (exact) mass is 358 g/mol. The number of carbonyl (C=O) groups excluding carboxylic acids is 2. The van der Waals surface area contributed by atoms with Gasteiger partial charge in [0.25, 0.3) is 0 Å². The van der Waals surface area contributed by atoms with Gasteiger partial charge in [0.15, 0.2) is 0 Å². The molecule has 0 aromatic heterocycles. The van der Waals surface area contributed by atoms with Crippen LogP contribution < -0.4 is 0 Å². The Balaban J connectivity index is 1.48. The van der Waals surface area contributed by atoms with Crippen molar-refractivity contribution >= 4 is 11.9 Å².